The molecule has 0 aliphatic carbocycles. The number of hydrogen-bond acceptors (Lipinski definition) is 3. The molecule has 0 atom stereocenters. The minimum atomic E-state index is 0.797. The van der Waals surface area contributed by atoms with Crippen molar-refractivity contribution in [3.05, 3.63) is 22.7 Å². The summed E-state index contributed by atoms with van der Waals surface area (Å²) >= 11 is 5.35. The van der Waals surface area contributed by atoms with Crippen LogP contribution in [-0.4, -0.2) is 19.5 Å². The van der Waals surface area contributed by atoms with E-state index in [0.29, 0.717) is 0 Å². The molecule has 0 fully saturated rings. The van der Waals surface area contributed by atoms with E-state index in [9.17, 15) is 0 Å². The van der Waals surface area contributed by atoms with E-state index >= 15 is 0 Å². The molecule has 1 aromatic rings. The van der Waals surface area contributed by atoms with Crippen molar-refractivity contribution in [2.24, 2.45) is 0 Å². The minimum Gasteiger partial charge on any atom is -0.399 e. The van der Waals surface area contributed by atoms with Crippen molar-refractivity contribution in [2.45, 2.75) is 17.7 Å². The van der Waals surface area contributed by atoms with Crippen molar-refractivity contribution in [1.29, 1.82) is 0 Å². The van der Waals surface area contributed by atoms with E-state index in [1.807, 2.05) is 23.9 Å². The van der Waals surface area contributed by atoms with E-state index in [4.69, 9.17) is 10.5 Å². The molecule has 0 saturated carbocycles. The van der Waals surface area contributed by atoms with Crippen molar-refractivity contribution in [3.8, 4) is 0 Å². The first-order valence-corrected chi connectivity index (χ1v) is 6.68. The average molecular weight is 290 g/mol. The topological polar surface area (TPSA) is 35.2 Å². The summed E-state index contributed by atoms with van der Waals surface area (Å²) < 4.78 is 6.08. The Morgan fingerprint density at radius 2 is 2.20 bits per heavy atom. The van der Waals surface area contributed by atoms with E-state index in [1.54, 1.807) is 7.11 Å². The predicted octanol–water partition coefficient (Wildman–Crippen LogP) is 3.55. The van der Waals surface area contributed by atoms with Gasteiger partial charge in [-0.25, -0.2) is 0 Å². The Kier molecular flexibility index (Phi) is 6.13. The normalized spacial score (nSPS) is 10.5. The lowest BCUT2D eigenvalue weighted by molar-refractivity contribution is 0.194. The molecule has 0 heterocycles. The number of rotatable bonds is 6. The molecule has 0 aliphatic heterocycles. The van der Waals surface area contributed by atoms with Gasteiger partial charge in [-0.05, 0) is 52.7 Å². The third-order valence-corrected chi connectivity index (χ3v) is 4.03. The molecule has 0 unspecified atom stereocenters. The van der Waals surface area contributed by atoms with E-state index in [-0.39, 0.29) is 0 Å². The summed E-state index contributed by atoms with van der Waals surface area (Å²) in [7, 11) is 1.74. The Balaban J connectivity index is 2.31. The maximum absolute atomic E-state index is 5.67. The zero-order valence-corrected chi connectivity index (χ0v) is 11.2. The Morgan fingerprint density at radius 1 is 1.40 bits per heavy atom. The molecule has 0 amide bonds. The molecule has 2 N–H and O–H groups in total. The van der Waals surface area contributed by atoms with E-state index < -0.39 is 0 Å². The van der Waals surface area contributed by atoms with Crippen LogP contribution in [0.15, 0.2) is 27.6 Å². The molecule has 1 aromatic carbocycles. The van der Waals surface area contributed by atoms with Gasteiger partial charge in [-0.3, -0.25) is 0 Å². The number of nitrogen functional groups attached to an aromatic ring is 1. The minimum absolute atomic E-state index is 0.797. The van der Waals surface area contributed by atoms with Crippen LogP contribution >= 0.6 is 27.7 Å². The lowest BCUT2D eigenvalue weighted by Crippen LogP contribution is -1.90. The summed E-state index contributed by atoms with van der Waals surface area (Å²) in [4.78, 5) is 1.25. The molecule has 0 aliphatic rings. The predicted molar refractivity (Wildman–Crippen MR) is 70.4 cm³/mol. The fraction of sp³-hybridized carbons (Fsp3) is 0.455. The second-order valence-electron chi connectivity index (χ2n) is 3.24. The number of nitrogens with two attached hydrogens (primary N) is 1. The number of ether oxygens (including phenoxy) is 1. The van der Waals surface area contributed by atoms with Gasteiger partial charge < -0.3 is 10.5 Å². The zero-order valence-electron chi connectivity index (χ0n) is 8.83. The lowest BCUT2D eigenvalue weighted by atomic mass is 10.3. The Bertz CT molecular complexity index is 307. The Labute approximate surface area is 104 Å². The third kappa shape index (κ3) is 4.91. The average Bonchev–Trinajstić information content (AvgIpc) is 2.20. The van der Waals surface area contributed by atoms with Gasteiger partial charge in [-0.1, -0.05) is 0 Å². The van der Waals surface area contributed by atoms with Gasteiger partial charge in [-0.2, -0.15) is 0 Å². The van der Waals surface area contributed by atoms with E-state index in [1.165, 1.54) is 11.3 Å². The summed E-state index contributed by atoms with van der Waals surface area (Å²) in [6, 6.07) is 5.93. The SMILES string of the molecule is COCCCCSc1ccc(N)cc1Br. The van der Waals surface area contributed by atoms with Gasteiger partial charge >= 0.3 is 0 Å². The van der Waals surface area contributed by atoms with Crippen LogP contribution in [0.5, 0.6) is 0 Å². The zero-order chi connectivity index (χ0) is 11.1. The van der Waals surface area contributed by atoms with Crippen LogP contribution in [0, 0.1) is 0 Å². The highest BCUT2D eigenvalue weighted by molar-refractivity contribution is 9.10. The monoisotopic (exact) mass is 289 g/mol. The van der Waals surface area contributed by atoms with Gasteiger partial charge in [0.15, 0.2) is 0 Å². The molecule has 0 saturated heterocycles. The van der Waals surface area contributed by atoms with Gasteiger partial charge in [-0.15, -0.1) is 11.8 Å². The first kappa shape index (κ1) is 12.9. The second-order valence-corrected chi connectivity index (χ2v) is 5.23. The molecular weight excluding hydrogens is 274 g/mol. The first-order chi connectivity index (χ1) is 7.24. The second kappa shape index (κ2) is 7.14. The van der Waals surface area contributed by atoms with Crippen molar-refractivity contribution in [3.63, 3.8) is 0 Å². The van der Waals surface area contributed by atoms with Gasteiger partial charge in [0.05, 0.1) is 0 Å². The van der Waals surface area contributed by atoms with Crippen LogP contribution in [-0.2, 0) is 4.74 Å². The van der Waals surface area contributed by atoms with Gasteiger partial charge in [0.25, 0.3) is 0 Å². The molecule has 0 spiro atoms. The van der Waals surface area contributed by atoms with Crippen molar-refractivity contribution in [1.82, 2.24) is 0 Å². The molecule has 1 rings (SSSR count). The molecular formula is C11H16BrNOS. The number of hydrogen-bond donors (Lipinski definition) is 1. The summed E-state index contributed by atoms with van der Waals surface area (Å²) in [6.07, 6.45) is 2.30. The highest BCUT2D eigenvalue weighted by Crippen LogP contribution is 2.29. The first-order valence-electron chi connectivity index (χ1n) is 4.91. The number of methoxy groups -OCH3 is 1. The van der Waals surface area contributed by atoms with E-state index in [2.05, 4.69) is 22.0 Å². The van der Waals surface area contributed by atoms with Crippen molar-refractivity contribution >= 4 is 33.4 Å². The molecule has 0 bridgehead atoms. The lowest BCUT2D eigenvalue weighted by Gasteiger charge is -2.05. The van der Waals surface area contributed by atoms with Gasteiger partial charge in [0.2, 0.25) is 0 Å². The number of halogens is 1. The molecule has 2 nitrogen and oxygen atoms in total. The molecule has 0 radical (unpaired) electrons. The smallest absolute Gasteiger partial charge is 0.0462 e. The molecule has 15 heavy (non-hydrogen) atoms. The fourth-order valence-electron chi connectivity index (χ4n) is 1.16. The highest BCUT2D eigenvalue weighted by atomic mass is 79.9. The van der Waals surface area contributed by atoms with E-state index in [0.717, 1.165) is 28.9 Å². The fourth-order valence-corrected chi connectivity index (χ4v) is 2.83. The standard InChI is InChI=1S/C11H16BrNOS/c1-14-6-2-3-7-15-11-5-4-9(13)8-10(11)12/h4-5,8H,2-3,6-7,13H2,1H3. The maximum Gasteiger partial charge on any atom is 0.0462 e. The largest absolute Gasteiger partial charge is 0.399 e. The van der Waals surface area contributed by atoms with Crippen LogP contribution in [0.3, 0.4) is 0 Å². The van der Waals surface area contributed by atoms with Crippen LogP contribution < -0.4 is 5.73 Å². The molecule has 84 valence electrons. The number of thioether (sulfide) groups is 1. The maximum atomic E-state index is 5.67. The number of benzene rings is 1. The van der Waals surface area contributed by atoms with Crippen molar-refractivity contribution in [2.75, 3.05) is 25.2 Å². The summed E-state index contributed by atoms with van der Waals surface area (Å²) in [6.45, 7) is 0.851. The highest BCUT2D eigenvalue weighted by Gasteiger charge is 2.00. The molecule has 0 aromatic heterocycles. The summed E-state index contributed by atoms with van der Waals surface area (Å²) in [5, 5.41) is 0. The van der Waals surface area contributed by atoms with Crippen LogP contribution in [0.2, 0.25) is 0 Å². The number of anilines is 1. The van der Waals surface area contributed by atoms with Gasteiger partial charge in [0.1, 0.15) is 0 Å². The molecule has 4 heteroatoms. The summed E-state index contributed by atoms with van der Waals surface area (Å²) in [5.74, 6) is 1.12. The van der Waals surface area contributed by atoms with Crippen LogP contribution in [0.25, 0.3) is 0 Å². The quantitative estimate of drug-likeness (QED) is 0.494. The van der Waals surface area contributed by atoms with Crippen LogP contribution in [0.4, 0.5) is 5.69 Å². The van der Waals surface area contributed by atoms with Crippen LogP contribution in [0.1, 0.15) is 12.8 Å². The Morgan fingerprint density at radius 3 is 2.87 bits per heavy atom. The van der Waals surface area contributed by atoms with Crippen molar-refractivity contribution < 1.29 is 4.74 Å². The number of unbranched alkanes of at least 4 members (excludes halogenated alkanes) is 1. The summed E-state index contributed by atoms with van der Waals surface area (Å²) in [5.41, 5.74) is 6.46. The van der Waals surface area contributed by atoms with Gasteiger partial charge in [0, 0.05) is 28.8 Å². The Hall–Kier alpha value is -0.190. The third-order valence-electron chi connectivity index (χ3n) is 1.96.